The largest absolute Gasteiger partial charge is 0.393 e. The molecule has 2 rings (SSSR count). The lowest BCUT2D eigenvalue weighted by Gasteiger charge is -2.25. The minimum Gasteiger partial charge on any atom is -0.393 e. The molecule has 0 bridgehead atoms. The number of halogens is 1. The molecule has 1 saturated carbocycles. The molecular formula is C13H17FN2O2. The number of hydrogen-bond acceptors (Lipinski definition) is 3. The standard InChI is InChI=1S/C13H17FN2O2/c14-12-11(2-1-7-15-12)13(18)16-8-9-3-5-10(17)6-4-9/h1-2,7,9-10,17H,3-6,8H2,(H,16,18). The van der Waals surface area contributed by atoms with Crippen LogP contribution in [0.2, 0.25) is 0 Å². The summed E-state index contributed by atoms with van der Waals surface area (Å²) in [6.07, 6.45) is 4.47. The number of pyridine rings is 1. The minimum absolute atomic E-state index is 0.0201. The van der Waals surface area contributed by atoms with Gasteiger partial charge in [0, 0.05) is 12.7 Å². The lowest BCUT2D eigenvalue weighted by molar-refractivity contribution is 0.0906. The second-order valence-corrected chi connectivity index (χ2v) is 4.73. The van der Waals surface area contributed by atoms with E-state index in [0.717, 1.165) is 25.7 Å². The van der Waals surface area contributed by atoms with Gasteiger partial charge in [0.1, 0.15) is 0 Å². The first-order valence-corrected chi connectivity index (χ1v) is 6.23. The second-order valence-electron chi connectivity index (χ2n) is 4.73. The van der Waals surface area contributed by atoms with Crippen LogP contribution in [-0.2, 0) is 0 Å². The maximum atomic E-state index is 13.3. The molecule has 2 N–H and O–H groups in total. The summed E-state index contributed by atoms with van der Waals surface area (Å²) in [5, 5.41) is 12.1. The molecule has 5 heteroatoms. The zero-order valence-corrected chi connectivity index (χ0v) is 10.1. The number of aliphatic hydroxyl groups excluding tert-OH is 1. The van der Waals surface area contributed by atoms with Crippen LogP contribution in [0.15, 0.2) is 18.3 Å². The van der Waals surface area contributed by atoms with Crippen molar-refractivity contribution in [3.05, 3.63) is 29.8 Å². The first kappa shape index (κ1) is 13.0. The summed E-state index contributed by atoms with van der Waals surface area (Å²) in [6.45, 7) is 0.528. The fourth-order valence-corrected chi connectivity index (χ4v) is 2.24. The van der Waals surface area contributed by atoms with E-state index < -0.39 is 11.9 Å². The molecular weight excluding hydrogens is 235 g/mol. The number of carbonyl (C=O) groups excluding carboxylic acids is 1. The third-order valence-electron chi connectivity index (χ3n) is 3.37. The highest BCUT2D eigenvalue weighted by Gasteiger charge is 2.20. The first-order chi connectivity index (χ1) is 8.66. The molecule has 98 valence electrons. The van der Waals surface area contributed by atoms with E-state index in [1.54, 1.807) is 0 Å². The Morgan fingerprint density at radius 3 is 2.83 bits per heavy atom. The first-order valence-electron chi connectivity index (χ1n) is 6.23. The van der Waals surface area contributed by atoms with Crippen molar-refractivity contribution >= 4 is 5.91 Å². The van der Waals surface area contributed by atoms with Crippen LogP contribution in [0.5, 0.6) is 0 Å². The number of nitrogens with one attached hydrogen (secondary N) is 1. The molecule has 0 radical (unpaired) electrons. The summed E-state index contributed by atoms with van der Waals surface area (Å²) in [4.78, 5) is 15.2. The van der Waals surface area contributed by atoms with Gasteiger partial charge in [-0.25, -0.2) is 4.98 Å². The van der Waals surface area contributed by atoms with Gasteiger partial charge in [0.05, 0.1) is 11.7 Å². The van der Waals surface area contributed by atoms with E-state index in [9.17, 15) is 14.3 Å². The molecule has 1 aromatic heterocycles. The maximum absolute atomic E-state index is 13.3. The molecule has 0 spiro atoms. The van der Waals surface area contributed by atoms with Crippen molar-refractivity contribution in [1.82, 2.24) is 10.3 Å². The molecule has 1 heterocycles. The van der Waals surface area contributed by atoms with Crippen LogP contribution in [0.1, 0.15) is 36.0 Å². The normalized spacial score (nSPS) is 23.7. The van der Waals surface area contributed by atoms with E-state index in [4.69, 9.17) is 0 Å². The van der Waals surface area contributed by atoms with Gasteiger partial charge >= 0.3 is 0 Å². The molecule has 18 heavy (non-hydrogen) atoms. The molecule has 4 nitrogen and oxygen atoms in total. The van der Waals surface area contributed by atoms with E-state index in [0.29, 0.717) is 12.5 Å². The molecule has 0 unspecified atom stereocenters. The molecule has 0 aliphatic heterocycles. The molecule has 1 fully saturated rings. The van der Waals surface area contributed by atoms with E-state index in [2.05, 4.69) is 10.3 Å². The minimum atomic E-state index is -0.742. The number of amides is 1. The number of rotatable bonds is 3. The number of aliphatic hydroxyl groups is 1. The van der Waals surface area contributed by atoms with Crippen molar-refractivity contribution in [1.29, 1.82) is 0 Å². The number of aromatic nitrogens is 1. The third-order valence-corrected chi connectivity index (χ3v) is 3.37. The summed E-state index contributed by atoms with van der Waals surface area (Å²) in [7, 11) is 0. The van der Waals surface area contributed by atoms with Crippen molar-refractivity contribution in [2.24, 2.45) is 5.92 Å². The molecule has 1 amide bonds. The van der Waals surface area contributed by atoms with Gasteiger partial charge in [-0.3, -0.25) is 4.79 Å². The fourth-order valence-electron chi connectivity index (χ4n) is 2.24. The smallest absolute Gasteiger partial charge is 0.255 e. The number of nitrogens with zero attached hydrogens (tertiary/aromatic N) is 1. The summed E-state index contributed by atoms with van der Waals surface area (Å²) in [6, 6.07) is 2.96. The average molecular weight is 252 g/mol. The summed E-state index contributed by atoms with van der Waals surface area (Å²) in [5.74, 6) is -0.794. The van der Waals surface area contributed by atoms with E-state index in [1.807, 2.05) is 0 Å². The van der Waals surface area contributed by atoms with Crippen molar-refractivity contribution in [3.8, 4) is 0 Å². The third kappa shape index (κ3) is 3.26. The van der Waals surface area contributed by atoms with Crippen LogP contribution < -0.4 is 5.32 Å². The van der Waals surface area contributed by atoms with Gasteiger partial charge in [0.2, 0.25) is 5.95 Å². The number of carbonyl (C=O) groups is 1. The van der Waals surface area contributed by atoms with Crippen LogP contribution in [-0.4, -0.2) is 28.6 Å². The Kier molecular flexibility index (Phi) is 4.25. The average Bonchev–Trinajstić information content (AvgIpc) is 2.38. The molecule has 0 saturated heterocycles. The van der Waals surface area contributed by atoms with Gasteiger partial charge in [-0.05, 0) is 43.7 Å². The van der Waals surface area contributed by atoms with Crippen LogP contribution in [0, 0.1) is 11.9 Å². The zero-order valence-electron chi connectivity index (χ0n) is 10.1. The van der Waals surface area contributed by atoms with Crippen molar-refractivity contribution in [2.75, 3.05) is 6.54 Å². The van der Waals surface area contributed by atoms with Gasteiger partial charge in [0.25, 0.3) is 5.91 Å². The summed E-state index contributed by atoms with van der Waals surface area (Å²) >= 11 is 0. The second kappa shape index (κ2) is 5.91. The van der Waals surface area contributed by atoms with Gasteiger partial charge in [-0.1, -0.05) is 0 Å². The molecule has 1 aromatic rings. The Morgan fingerprint density at radius 2 is 2.17 bits per heavy atom. The van der Waals surface area contributed by atoms with Crippen LogP contribution >= 0.6 is 0 Å². The summed E-state index contributed by atoms with van der Waals surface area (Å²) < 4.78 is 13.3. The van der Waals surface area contributed by atoms with E-state index in [1.165, 1.54) is 18.3 Å². The Labute approximate surface area is 105 Å². The highest BCUT2D eigenvalue weighted by molar-refractivity contribution is 5.94. The van der Waals surface area contributed by atoms with Crippen LogP contribution in [0.4, 0.5) is 4.39 Å². The lowest BCUT2D eigenvalue weighted by atomic mass is 9.87. The Bertz CT molecular complexity index is 417. The van der Waals surface area contributed by atoms with E-state index >= 15 is 0 Å². The molecule has 1 aliphatic rings. The molecule has 0 atom stereocenters. The topological polar surface area (TPSA) is 62.2 Å². The number of hydrogen-bond donors (Lipinski definition) is 2. The monoisotopic (exact) mass is 252 g/mol. The molecule has 0 aromatic carbocycles. The van der Waals surface area contributed by atoms with Gasteiger partial charge in [-0.2, -0.15) is 4.39 Å². The summed E-state index contributed by atoms with van der Waals surface area (Å²) in [5.41, 5.74) is -0.0201. The van der Waals surface area contributed by atoms with Crippen molar-refractivity contribution in [2.45, 2.75) is 31.8 Å². The van der Waals surface area contributed by atoms with Crippen LogP contribution in [0.3, 0.4) is 0 Å². The van der Waals surface area contributed by atoms with Gasteiger partial charge in [-0.15, -0.1) is 0 Å². The fraction of sp³-hybridized carbons (Fsp3) is 0.538. The zero-order chi connectivity index (χ0) is 13.0. The Hall–Kier alpha value is -1.49. The van der Waals surface area contributed by atoms with Gasteiger partial charge < -0.3 is 10.4 Å². The van der Waals surface area contributed by atoms with E-state index in [-0.39, 0.29) is 11.7 Å². The predicted octanol–water partition coefficient (Wildman–Crippen LogP) is 1.50. The van der Waals surface area contributed by atoms with Crippen molar-refractivity contribution in [3.63, 3.8) is 0 Å². The maximum Gasteiger partial charge on any atom is 0.255 e. The highest BCUT2D eigenvalue weighted by atomic mass is 19.1. The van der Waals surface area contributed by atoms with Crippen LogP contribution in [0.25, 0.3) is 0 Å². The highest BCUT2D eigenvalue weighted by Crippen LogP contribution is 2.23. The Balaban J connectivity index is 1.84. The predicted molar refractivity (Wildman–Crippen MR) is 64.5 cm³/mol. The quantitative estimate of drug-likeness (QED) is 0.801. The Morgan fingerprint density at radius 1 is 1.44 bits per heavy atom. The van der Waals surface area contributed by atoms with Gasteiger partial charge in [0.15, 0.2) is 0 Å². The SMILES string of the molecule is O=C(NCC1CCC(O)CC1)c1cccnc1F. The molecule has 1 aliphatic carbocycles. The van der Waals surface area contributed by atoms with Crippen molar-refractivity contribution < 1.29 is 14.3 Å². The lowest BCUT2D eigenvalue weighted by Crippen LogP contribution is -2.32.